The van der Waals surface area contributed by atoms with Crippen LogP contribution in [0.25, 0.3) is 16.9 Å². The molecule has 0 fully saturated rings. The Balaban J connectivity index is 1.67. The molecule has 1 aromatic carbocycles. The minimum Gasteiger partial charge on any atom is -0.379 e. The lowest BCUT2D eigenvalue weighted by atomic mass is 10.1. The Morgan fingerprint density at radius 1 is 1.21 bits per heavy atom. The molecule has 2 aromatic heterocycles. The van der Waals surface area contributed by atoms with E-state index in [2.05, 4.69) is 25.6 Å². The van der Waals surface area contributed by atoms with Crippen LogP contribution in [0.15, 0.2) is 53.1 Å². The number of rotatable bonds is 9. The number of amides is 1. The number of aromatic nitrogens is 2. The van der Waals surface area contributed by atoms with Gasteiger partial charge in [-0.3, -0.25) is 4.79 Å². The molecule has 148 valence electrons. The number of benzene rings is 1. The highest BCUT2D eigenvalue weighted by Crippen LogP contribution is 2.26. The minimum atomic E-state index is 0.0529. The number of pyridine rings is 1. The number of ether oxygens (including phenoxy) is 1. The van der Waals surface area contributed by atoms with Crippen LogP contribution in [-0.2, 0) is 16.0 Å². The summed E-state index contributed by atoms with van der Waals surface area (Å²) >= 11 is 3.48. The molecule has 6 heteroatoms. The van der Waals surface area contributed by atoms with Crippen molar-refractivity contribution in [1.82, 2.24) is 14.7 Å². The van der Waals surface area contributed by atoms with E-state index in [1.54, 1.807) is 0 Å². The van der Waals surface area contributed by atoms with Crippen LogP contribution in [0, 0.1) is 0 Å². The smallest absolute Gasteiger partial charge is 0.220 e. The summed E-state index contributed by atoms with van der Waals surface area (Å²) in [7, 11) is 0. The van der Waals surface area contributed by atoms with Gasteiger partial charge in [-0.05, 0) is 51.0 Å². The summed E-state index contributed by atoms with van der Waals surface area (Å²) in [5, 5.41) is 2.98. The number of carbonyl (C=O) groups excluding carboxylic acids is 1. The van der Waals surface area contributed by atoms with Crippen LogP contribution in [0.1, 0.15) is 32.4 Å². The summed E-state index contributed by atoms with van der Waals surface area (Å²) in [6.45, 7) is 5.33. The van der Waals surface area contributed by atoms with E-state index in [-0.39, 0.29) is 12.0 Å². The lowest BCUT2D eigenvalue weighted by Crippen LogP contribution is -2.26. The summed E-state index contributed by atoms with van der Waals surface area (Å²) in [6.07, 6.45) is 4.11. The van der Waals surface area contributed by atoms with Crippen molar-refractivity contribution in [3.05, 3.63) is 58.8 Å². The molecular weight excluding hydrogens is 418 g/mol. The van der Waals surface area contributed by atoms with Crippen molar-refractivity contribution in [2.45, 2.75) is 39.2 Å². The monoisotopic (exact) mass is 443 g/mol. The lowest BCUT2D eigenvalue weighted by Gasteiger charge is -2.09. The highest BCUT2D eigenvalue weighted by atomic mass is 79.9. The summed E-state index contributed by atoms with van der Waals surface area (Å²) in [6, 6.07) is 14.1. The van der Waals surface area contributed by atoms with Crippen molar-refractivity contribution in [2.75, 3.05) is 13.2 Å². The van der Waals surface area contributed by atoms with Crippen LogP contribution in [0.5, 0.6) is 0 Å². The van der Waals surface area contributed by atoms with E-state index in [0.29, 0.717) is 26.0 Å². The fourth-order valence-corrected chi connectivity index (χ4v) is 3.33. The number of hydrogen-bond donors (Lipinski definition) is 1. The molecule has 5 nitrogen and oxygen atoms in total. The number of carbonyl (C=O) groups is 1. The molecule has 0 saturated heterocycles. The predicted octanol–water partition coefficient (Wildman–Crippen LogP) is 4.63. The van der Waals surface area contributed by atoms with Gasteiger partial charge in [-0.25, -0.2) is 4.98 Å². The van der Waals surface area contributed by atoms with Gasteiger partial charge in [0.2, 0.25) is 5.91 Å². The van der Waals surface area contributed by atoms with Gasteiger partial charge in [0, 0.05) is 35.8 Å². The summed E-state index contributed by atoms with van der Waals surface area (Å²) in [4.78, 5) is 17.1. The summed E-state index contributed by atoms with van der Waals surface area (Å²) in [5.74, 6) is 0.0529. The van der Waals surface area contributed by atoms with Crippen molar-refractivity contribution in [3.63, 3.8) is 0 Å². The zero-order valence-corrected chi connectivity index (χ0v) is 17.9. The number of fused-ring (bicyclic) bond motifs is 1. The molecule has 0 aliphatic heterocycles. The van der Waals surface area contributed by atoms with Gasteiger partial charge in [0.1, 0.15) is 5.65 Å². The van der Waals surface area contributed by atoms with Gasteiger partial charge >= 0.3 is 0 Å². The number of halogens is 1. The first-order valence-electron chi connectivity index (χ1n) is 9.65. The van der Waals surface area contributed by atoms with Crippen LogP contribution in [0.4, 0.5) is 0 Å². The third kappa shape index (κ3) is 5.42. The van der Waals surface area contributed by atoms with Crippen LogP contribution in [-0.4, -0.2) is 34.5 Å². The first kappa shape index (κ1) is 20.6. The number of aryl methyl sites for hydroxylation is 1. The highest BCUT2D eigenvalue weighted by molar-refractivity contribution is 9.10. The van der Waals surface area contributed by atoms with Crippen molar-refractivity contribution in [3.8, 4) is 11.3 Å². The molecule has 0 radical (unpaired) electrons. The first-order chi connectivity index (χ1) is 13.5. The van der Waals surface area contributed by atoms with Gasteiger partial charge in [0.15, 0.2) is 0 Å². The Hall–Kier alpha value is -2.18. The third-order valence-electron chi connectivity index (χ3n) is 4.43. The molecule has 1 amide bonds. The SMILES string of the molecule is CC(C)OCCCNC(=O)CCc1c(-c2ccc(Br)cc2)nc2ccccn12. The molecule has 3 rings (SSSR count). The van der Waals surface area contributed by atoms with Crippen LogP contribution < -0.4 is 5.32 Å². The van der Waals surface area contributed by atoms with Gasteiger partial charge in [0.25, 0.3) is 0 Å². The highest BCUT2D eigenvalue weighted by Gasteiger charge is 2.15. The second kappa shape index (κ2) is 9.85. The van der Waals surface area contributed by atoms with Gasteiger partial charge < -0.3 is 14.5 Å². The molecule has 2 heterocycles. The minimum absolute atomic E-state index is 0.0529. The molecule has 0 saturated carbocycles. The average molecular weight is 444 g/mol. The summed E-state index contributed by atoms with van der Waals surface area (Å²) in [5.41, 5.74) is 3.92. The van der Waals surface area contributed by atoms with Crippen LogP contribution in [0.2, 0.25) is 0 Å². The maximum Gasteiger partial charge on any atom is 0.220 e. The van der Waals surface area contributed by atoms with Crippen molar-refractivity contribution in [1.29, 1.82) is 0 Å². The quantitative estimate of drug-likeness (QED) is 0.490. The zero-order valence-electron chi connectivity index (χ0n) is 16.3. The van der Waals surface area contributed by atoms with E-state index < -0.39 is 0 Å². The fourth-order valence-electron chi connectivity index (χ4n) is 3.06. The molecule has 3 aromatic rings. The second-order valence-corrected chi connectivity index (χ2v) is 7.88. The predicted molar refractivity (Wildman–Crippen MR) is 115 cm³/mol. The molecule has 0 atom stereocenters. The van der Waals surface area contributed by atoms with E-state index in [1.165, 1.54) is 0 Å². The Bertz CT molecular complexity index is 919. The third-order valence-corrected chi connectivity index (χ3v) is 4.96. The van der Waals surface area contributed by atoms with Crippen molar-refractivity contribution < 1.29 is 9.53 Å². The summed E-state index contributed by atoms with van der Waals surface area (Å²) < 4.78 is 8.60. The molecule has 28 heavy (non-hydrogen) atoms. The molecule has 0 aliphatic rings. The maximum absolute atomic E-state index is 12.3. The van der Waals surface area contributed by atoms with E-state index in [4.69, 9.17) is 9.72 Å². The van der Waals surface area contributed by atoms with Crippen molar-refractivity contribution >= 4 is 27.5 Å². The van der Waals surface area contributed by atoms with E-state index in [9.17, 15) is 4.79 Å². The fraction of sp³-hybridized carbons (Fsp3) is 0.364. The normalized spacial score (nSPS) is 11.3. The Labute approximate surface area is 174 Å². The topological polar surface area (TPSA) is 55.6 Å². The number of nitrogens with one attached hydrogen (secondary N) is 1. The molecule has 1 N–H and O–H groups in total. The number of imidazole rings is 1. The van der Waals surface area contributed by atoms with Crippen LogP contribution >= 0.6 is 15.9 Å². The van der Waals surface area contributed by atoms with E-state index >= 15 is 0 Å². The zero-order chi connectivity index (χ0) is 19.9. The van der Waals surface area contributed by atoms with E-state index in [1.807, 2.05) is 62.5 Å². The average Bonchev–Trinajstić information content (AvgIpc) is 3.05. The van der Waals surface area contributed by atoms with Gasteiger partial charge in [-0.2, -0.15) is 0 Å². The lowest BCUT2D eigenvalue weighted by molar-refractivity contribution is -0.121. The number of nitrogens with zero attached hydrogens (tertiary/aromatic N) is 2. The van der Waals surface area contributed by atoms with Gasteiger partial charge in [-0.1, -0.05) is 34.1 Å². The Morgan fingerprint density at radius 3 is 2.75 bits per heavy atom. The van der Waals surface area contributed by atoms with E-state index in [0.717, 1.165) is 33.5 Å². The maximum atomic E-state index is 12.3. The molecular formula is C22H26BrN3O2. The van der Waals surface area contributed by atoms with Crippen molar-refractivity contribution in [2.24, 2.45) is 0 Å². The molecule has 0 aliphatic carbocycles. The second-order valence-electron chi connectivity index (χ2n) is 6.97. The Morgan fingerprint density at radius 2 is 2.00 bits per heavy atom. The Kier molecular flexibility index (Phi) is 7.23. The van der Waals surface area contributed by atoms with Crippen LogP contribution in [0.3, 0.4) is 0 Å². The molecule has 0 spiro atoms. The standard InChI is InChI=1S/C22H26BrN3O2/c1-16(2)28-15-5-13-24-21(27)12-11-19-22(17-7-9-18(23)10-8-17)25-20-6-3-4-14-26(19)20/h3-4,6-10,14,16H,5,11-13,15H2,1-2H3,(H,24,27). The van der Waals surface area contributed by atoms with Gasteiger partial charge in [-0.15, -0.1) is 0 Å². The number of hydrogen-bond acceptors (Lipinski definition) is 3. The van der Waals surface area contributed by atoms with Gasteiger partial charge in [0.05, 0.1) is 17.5 Å². The first-order valence-corrected chi connectivity index (χ1v) is 10.4. The molecule has 0 unspecified atom stereocenters. The largest absolute Gasteiger partial charge is 0.379 e. The molecule has 0 bridgehead atoms.